The van der Waals surface area contributed by atoms with Crippen LogP contribution in [0.4, 0.5) is 0 Å². The van der Waals surface area contributed by atoms with Gasteiger partial charge in [-0.25, -0.2) is 13.1 Å². The number of nitrogens with one attached hydrogen (secondary N) is 3. The van der Waals surface area contributed by atoms with Crippen molar-refractivity contribution in [3.63, 3.8) is 0 Å². The Kier molecular flexibility index (Phi) is 7.03. The lowest BCUT2D eigenvalue weighted by Crippen LogP contribution is -2.68. The second kappa shape index (κ2) is 9.09. The van der Waals surface area contributed by atoms with Gasteiger partial charge in [0.2, 0.25) is 10.0 Å². The molecule has 3 aliphatic rings. The van der Waals surface area contributed by atoms with Crippen molar-refractivity contribution in [2.75, 3.05) is 32.0 Å². The molecule has 0 amide bonds. The summed E-state index contributed by atoms with van der Waals surface area (Å²) in [5.74, 6) is 1.28. The standard InChI is InChI=1S/C19H36N4O3S/c1-3-20-18(21-11-12-27(24,25)22-14-15-7-5-8-15)23-16-13-17(26-4-2)19(16)9-6-10-19/h15-17,22H,3-14H2,1-2H3,(H2,20,21,23). The van der Waals surface area contributed by atoms with Crippen molar-refractivity contribution in [3.05, 3.63) is 0 Å². The van der Waals surface area contributed by atoms with E-state index >= 15 is 0 Å². The lowest BCUT2D eigenvalue weighted by atomic mass is 9.51. The van der Waals surface area contributed by atoms with E-state index in [2.05, 4.69) is 27.3 Å². The molecule has 3 aliphatic carbocycles. The van der Waals surface area contributed by atoms with Crippen LogP contribution in [0.2, 0.25) is 0 Å². The molecule has 3 N–H and O–H groups in total. The van der Waals surface area contributed by atoms with E-state index < -0.39 is 10.0 Å². The summed E-state index contributed by atoms with van der Waals surface area (Å²) < 4.78 is 32.9. The highest BCUT2D eigenvalue weighted by Gasteiger charge is 2.59. The Morgan fingerprint density at radius 3 is 2.56 bits per heavy atom. The smallest absolute Gasteiger partial charge is 0.213 e. The van der Waals surface area contributed by atoms with Crippen LogP contribution in [0.3, 0.4) is 0 Å². The minimum absolute atomic E-state index is 0.0354. The molecule has 0 heterocycles. The van der Waals surface area contributed by atoms with Crippen LogP contribution in [0.25, 0.3) is 0 Å². The Bertz CT molecular complexity index is 614. The molecule has 27 heavy (non-hydrogen) atoms. The third-order valence-corrected chi connectivity index (χ3v) is 7.87. The lowest BCUT2D eigenvalue weighted by molar-refractivity contribution is -0.168. The van der Waals surface area contributed by atoms with E-state index in [4.69, 9.17) is 4.74 Å². The van der Waals surface area contributed by atoms with E-state index in [9.17, 15) is 8.42 Å². The molecular formula is C19H36N4O3S. The summed E-state index contributed by atoms with van der Waals surface area (Å²) in [5, 5.41) is 6.79. The molecule has 0 radical (unpaired) electrons. The monoisotopic (exact) mass is 400 g/mol. The first kappa shape index (κ1) is 20.9. The number of hydrogen-bond donors (Lipinski definition) is 3. The van der Waals surface area contributed by atoms with Gasteiger partial charge in [0.15, 0.2) is 5.96 Å². The summed E-state index contributed by atoms with van der Waals surface area (Å²) in [7, 11) is -3.25. The maximum atomic E-state index is 12.1. The lowest BCUT2D eigenvalue weighted by Gasteiger charge is -2.61. The number of hydrogen-bond acceptors (Lipinski definition) is 4. The topological polar surface area (TPSA) is 91.8 Å². The van der Waals surface area contributed by atoms with E-state index in [-0.39, 0.29) is 17.7 Å². The SMILES string of the molecule is CCNC(=NCCS(=O)(=O)NCC1CCC1)NC1CC(OCC)C12CCC2. The number of nitrogens with zero attached hydrogens (tertiary/aromatic N) is 1. The number of guanidine groups is 1. The fourth-order valence-electron chi connectivity index (χ4n) is 4.42. The largest absolute Gasteiger partial charge is 0.378 e. The van der Waals surface area contributed by atoms with Crippen LogP contribution in [0.15, 0.2) is 4.99 Å². The zero-order valence-electron chi connectivity index (χ0n) is 16.8. The van der Waals surface area contributed by atoms with Crippen LogP contribution in [-0.4, -0.2) is 58.5 Å². The van der Waals surface area contributed by atoms with Gasteiger partial charge in [0.25, 0.3) is 0 Å². The molecule has 3 rings (SSSR count). The number of sulfonamides is 1. The van der Waals surface area contributed by atoms with Crippen LogP contribution in [-0.2, 0) is 14.8 Å². The van der Waals surface area contributed by atoms with Crippen molar-refractivity contribution in [2.45, 2.75) is 70.9 Å². The first-order valence-electron chi connectivity index (χ1n) is 10.6. The predicted octanol–water partition coefficient (Wildman–Crippen LogP) is 1.61. The summed E-state index contributed by atoms with van der Waals surface area (Å²) in [4.78, 5) is 4.51. The molecule has 0 aliphatic heterocycles. The molecule has 7 nitrogen and oxygen atoms in total. The van der Waals surface area contributed by atoms with Crippen LogP contribution >= 0.6 is 0 Å². The third kappa shape index (κ3) is 4.95. The van der Waals surface area contributed by atoms with Crippen molar-refractivity contribution in [1.82, 2.24) is 15.4 Å². The molecule has 8 heteroatoms. The maximum Gasteiger partial charge on any atom is 0.213 e. The quantitative estimate of drug-likeness (QED) is 0.383. The molecule has 0 aromatic heterocycles. The van der Waals surface area contributed by atoms with Gasteiger partial charge in [-0.15, -0.1) is 0 Å². The second-order valence-corrected chi connectivity index (χ2v) is 10.1. The Labute approximate surface area is 164 Å². The maximum absolute atomic E-state index is 12.1. The minimum Gasteiger partial charge on any atom is -0.378 e. The highest BCUT2D eigenvalue weighted by atomic mass is 32.2. The normalized spacial score (nSPS) is 27.6. The van der Waals surface area contributed by atoms with Crippen molar-refractivity contribution >= 4 is 16.0 Å². The Morgan fingerprint density at radius 2 is 2.00 bits per heavy atom. The number of aliphatic imine (C=N–C) groups is 1. The fraction of sp³-hybridized carbons (Fsp3) is 0.947. The van der Waals surface area contributed by atoms with E-state index in [1.54, 1.807) is 0 Å². The van der Waals surface area contributed by atoms with Gasteiger partial charge in [0.05, 0.1) is 18.4 Å². The molecule has 156 valence electrons. The number of ether oxygens (including phenoxy) is 1. The molecule has 0 bridgehead atoms. The van der Waals surface area contributed by atoms with Crippen LogP contribution in [0, 0.1) is 11.3 Å². The molecular weight excluding hydrogens is 364 g/mol. The van der Waals surface area contributed by atoms with Crippen molar-refractivity contribution < 1.29 is 13.2 Å². The van der Waals surface area contributed by atoms with Gasteiger partial charge in [0.1, 0.15) is 0 Å². The minimum atomic E-state index is -3.25. The highest BCUT2D eigenvalue weighted by molar-refractivity contribution is 7.89. The first-order valence-corrected chi connectivity index (χ1v) is 12.3. The van der Waals surface area contributed by atoms with Gasteiger partial charge in [-0.3, -0.25) is 4.99 Å². The number of rotatable bonds is 10. The van der Waals surface area contributed by atoms with Crippen molar-refractivity contribution in [3.8, 4) is 0 Å². The van der Waals surface area contributed by atoms with Gasteiger partial charge in [-0.2, -0.15) is 0 Å². The van der Waals surface area contributed by atoms with Crippen molar-refractivity contribution in [1.29, 1.82) is 0 Å². The van der Waals surface area contributed by atoms with Crippen LogP contribution in [0.5, 0.6) is 0 Å². The van der Waals surface area contributed by atoms with E-state index in [1.165, 1.54) is 25.7 Å². The zero-order chi connectivity index (χ0) is 19.3. The summed E-state index contributed by atoms with van der Waals surface area (Å²) in [6, 6.07) is 0.369. The third-order valence-electron chi connectivity index (χ3n) is 6.54. The second-order valence-electron chi connectivity index (χ2n) is 8.19. The van der Waals surface area contributed by atoms with Gasteiger partial charge >= 0.3 is 0 Å². The predicted molar refractivity (Wildman–Crippen MR) is 108 cm³/mol. The molecule has 3 saturated carbocycles. The average molecular weight is 401 g/mol. The van der Waals surface area contributed by atoms with Gasteiger partial charge in [0, 0.05) is 31.2 Å². The first-order chi connectivity index (χ1) is 13.0. The molecule has 0 aromatic rings. The average Bonchev–Trinajstić information content (AvgIpc) is 2.50. The summed E-state index contributed by atoms with van der Waals surface area (Å²) >= 11 is 0. The summed E-state index contributed by atoms with van der Waals surface area (Å²) in [5.41, 5.74) is 0.253. The van der Waals surface area contributed by atoms with Gasteiger partial charge in [-0.1, -0.05) is 12.8 Å². The van der Waals surface area contributed by atoms with Gasteiger partial charge in [-0.05, 0) is 51.9 Å². The van der Waals surface area contributed by atoms with E-state index in [0.29, 0.717) is 24.6 Å². The Hall–Kier alpha value is -0.860. The summed E-state index contributed by atoms with van der Waals surface area (Å²) in [6.45, 7) is 6.44. The fourth-order valence-corrected chi connectivity index (χ4v) is 5.38. The van der Waals surface area contributed by atoms with Crippen molar-refractivity contribution in [2.24, 2.45) is 16.3 Å². The Balaban J connectivity index is 1.48. The van der Waals surface area contributed by atoms with Crippen LogP contribution < -0.4 is 15.4 Å². The van der Waals surface area contributed by atoms with Gasteiger partial charge < -0.3 is 15.4 Å². The molecule has 3 fully saturated rings. The molecule has 2 atom stereocenters. The Morgan fingerprint density at radius 1 is 1.22 bits per heavy atom. The molecule has 1 spiro atoms. The molecule has 0 aromatic carbocycles. The van der Waals surface area contributed by atoms with Crippen LogP contribution in [0.1, 0.15) is 58.8 Å². The highest BCUT2D eigenvalue weighted by Crippen LogP contribution is 2.57. The summed E-state index contributed by atoms with van der Waals surface area (Å²) in [6.07, 6.45) is 8.53. The molecule has 0 saturated heterocycles. The van der Waals surface area contributed by atoms with E-state index in [1.807, 2.05) is 6.92 Å². The van der Waals surface area contributed by atoms with E-state index in [0.717, 1.165) is 38.4 Å². The molecule has 2 unspecified atom stereocenters. The zero-order valence-corrected chi connectivity index (χ0v) is 17.6.